The van der Waals surface area contributed by atoms with Gasteiger partial charge in [-0.25, -0.2) is 8.42 Å². The van der Waals surface area contributed by atoms with Crippen LogP contribution in [0.2, 0.25) is 0 Å². The lowest BCUT2D eigenvalue weighted by Crippen LogP contribution is -2.27. The summed E-state index contributed by atoms with van der Waals surface area (Å²) in [5.41, 5.74) is 3.37. The number of hydrogen-bond donors (Lipinski definition) is 0. The summed E-state index contributed by atoms with van der Waals surface area (Å²) in [5, 5.41) is 8.90. The van der Waals surface area contributed by atoms with E-state index in [9.17, 15) is 8.42 Å². The highest BCUT2D eigenvalue weighted by molar-refractivity contribution is 7.92. The smallest absolute Gasteiger partial charge is 0.265 e. The molecule has 0 amide bonds. The number of benzene rings is 1. The number of sulfonamides is 1. The quantitative estimate of drug-likeness (QED) is 0.678. The summed E-state index contributed by atoms with van der Waals surface area (Å²) < 4.78 is 29.1. The van der Waals surface area contributed by atoms with Gasteiger partial charge in [-0.05, 0) is 43.7 Å². The van der Waals surface area contributed by atoms with E-state index in [0.29, 0.717) is 23.5 Å². The van der Waals surface area contributed by atoms with E-state index in [1.54, 1.807) is 43.7 Å². The lowest BCUT2D eigenvalue weighted by Gasteiger charge is -2.21. The van der Waals surface area contributed by atoms with Gasteiger partial charge in [0.25, 0.3) is 10.0 Å². The van der Waals surface area contributed by atoms with Crippen LogP contribution in [-0.2, 0) is 16.6 Å². The third kappa shape index (κ3) is 3.57. The molecule has 0 spiro atoms. The minimum atomic E-state index is -3.66. The second-order valence-corrected chi connectivity index (χ2v) is 8.16. The molecule has 0 aliphatic heterocycles. The van der Waals surface area contributed by atoms with E-state index < -0.39 is 10.0 Å². The number of anilines is 1. The van der Waals surface area contributed by atoms with E-state index in [0.717, 1.165) is 11.1 Å². The van der Waals surface area contributed by atoms with Crippen LogP contribution in [-0.4, -0.2) is 25.0 Å². The summed E-state index contributed by atoms with van der Waals surface area (Å²) >= 11 is 0. The molecule has 0 bridgehead atoms. The van der Waals surface area contributed by atoms with Gasteiger partial charge in [0.15, 0.2) is 0 Å². The second-order valence-electron chi connectivity index (χ2n) is 6.20. The minimum Gasteiger partial charge on any atom is -0.353 e. The van der Waals surface area contributed by atoms with Gasteiger partial charge in [-0.2, -0.15) is 5.26 Å². The largest absolute Gasteiger partial charge is 0.353 e. The van der Waals surface area contributed by atoms with Crippen molar-refractivity contribution < 1.29 is 8.42 Å². The molecule has 2 heterocycles. The number of aromatic nitrogens is 2. The maximum Gasteiger partial charge on any atom is 0.265 e. The molecule has 0 atom stereocenters. The predicted octanol–water partition coefficient (Wildman–Crippen LogP) is 3.58. The Kier molecular flexibility index (Phi) is 5.02. The summed E-state index contributed by atoms with van der Waals surface area (Å²) in [6.07, 6.45) is 4.89. The van der Waals surface area contributed by atoms with Gasteiger partial charge in [-0.3, -0.25) is 9.29 Å². The predicted molar refractivity (Wildman–Crippen MR) is 105 cm³/mol. The van der Waals surface area contributed by atoms with E-state index in [1.807, 2.05) is 36.6 Å². The molecule has 0 saturated carbocycles. The fourth-order valence-electron chi connectivity index (χ4n) is 2.79. The molecule has 7 heteroatoms. The molecule has 0 aliphatic rings. The van der Waals surface area contributed by atoms with Crippen LogP contribution in [0.3, 0.4) is 0 Å². The summed E-state index contributed by atoms with van der Waals surface area (Å²) in [5.74, 6) is 0. The van der Waals surface area contributed by atoms with E-state index in [2.05, 4.69) is 4.98 Å². The average Bonchev–Trinajstić information content (AvgIpc) is 3.18. The monoisotopic (exact) mass is 380 g/mol. The third-order valence-corrected chi connectivity index (χ3v) is 6.24. The molecule has 0 saturated heterocycles. The van der Waals surface area contributed by atoms with Crippen LogP contribution < -0.4 is 4.31 Å². The van der Waals surface area contributed by atoms with Crippen molar-refractivity contribution in [3.05, 3.63) is 66.1 Å². The fourth-order valence-corrected chi connectivity index (χ4v) is 4.07. The van der Waals surface area contributed by atoms with Crippen LogP contribution in [0.15, 0.2) is 59.9 Å². The molecule has 3 aromatic rings. The SMILES string of the molecule is CCn1ccc(S(=O)(=O)N(C)c2cc(-c3ccc(C#N)cn3)ccc2C)c1. The van der Waals surface area contributed by atoms with Crippen LogP contribution in [0.4, 0.5) is 5.69 Å². The Bertz CT molecular complexity index is 1110. The summed E-state index contributed by atoms with van der Waals surface area (Å²) in [6, 6.07) is 12.7. The first-order valence-electron chi connectivity index (χ1n) is 8.48. The molecule has 0 unspecified atom stereocenters. The number of aryl methyl sites for hydroxylation is 2. The van der Waals surface area contributed by atoms with E-state index in [1.165, 1.54) is 10.5 Å². The lowest BCUT2D eigenvalue weighted by atomic mass is 10.1. The Hall–Kier alpha value is -3.11. The standard InChI is InChI=1S/C20H20N4O2S/c1-4-24-10-9-18(14-24)27(25,26)23(3)20-11-17(7-5-15(20)2)19-8-6-16(12-21)13-22-19/h5-11,13-14H,4H2,1-3H3. The molecule has 0 N–H and O–H groups in total. The van der Waals surface area contributed by atoms with E-state index >= 15 is 0 Å². The Balaban J connectivity index is 2.01. The van der Waals surface area contributed by atoms with Gasteiger partial charge in [0, 0.05) is 37.7 Å². The van der Waals surface area contributed by atoms with E-state index in [-0.39, 0.29) is 4.90 Å². The highest BCUT2D eigenvalue weighted by Crippen LogP contribution is 2.30. The van der Waals surface area contributed by atoms with Crippen molar-refractivity contribution in [2.24, 2.45) is 0 Å². The summed E-state index contributed by atoms with van der Waals surface area (Å²) in [6.45, 7) is 4.53. The van der Waals surface area contributed by atoms with Crippen LogP contribution in [0, 0.1) is 18.3 Å². The third-order valence-electron chi connectivity index (χ3n) is 4.48. The highest BCUT2D eigenvalue weighted by atomic mass is 32.2. The van der Waals surface area contributed by atoms with Gasteiger partial charge >= 0.3 is 0 Å². The van der Waals surface area contributed by atoms with Crippen molar-refractivity contribution in [1.29, 1.82) is 5.26 Å². The average molecular weight is 380 g/mol. The van der Waals surface area contributed by atoms with Crippen molar-refractivity contribution >= 4 is 15.7 Å². The molecule has 27 heavy (non-hydrogen) atoms. The van der Waals surface area contributed by atoms with E-state index in [4.69, 9.17) is 5.26 Å². The van der Waals surface area contributed by atoms with Crippen molar-refractivity contribution in [2.45, 2.75) is 25.3 Å². The first-order chi connectivity index (χ1) is 12.9. The lowest BCUT2D eigenvalue weighted by molar-refractivity contribution is 0.594. The van der Waals surface area contributed by atoms with Gasteiger partial charge in [0.1, 0.15) is 11.0 Å². The molecule has 138 valence electrons. The number of rotatable bonds is 5. The van der Waals surface area contributed by atoms with Crippen molar-refractivity contribution in [1.82, 2.24) is 9.55 Å². The Morgan fingerprint density at radius 2 is 2.00 bits per heavy atom. The molecule has 6 nitrogen and oxygen atoms in total. The van der Waals surface area contributed by atoms with Crippen molar-refractivity contribution in [2.75, 3.05) is 11.4 Å². The first-order valence-corrected chi connectivity index (χ1v) is 9.92. The van der Waals surface area contributed by atoms with Gasteiger partial charge in [-0.15, -0.1) is 0 Å². The summed E-state index contributed by atoms with van der Waals surface area (Å²) in [7, 11) is -2.11. The topological polar surface area (TPSA) is 79.0 Å². The molecule has 0 fully saturated rings. The van der Waals surface area contributed by atoms with Gasteiger partial charge in [0.2, 0.25) is 0 Å². The van der Waals surface area contributed by atoms with Gasteiger partial charge < -0.3 is 4.57 Å². The zero-order chi connectivity index (χ0) is 19.6. The van der Waals surface area contributed by atoms with Gasteiger partial charge in [0.05, 0.1) is 16.9 Å². The zero-order valence-corrected chi connectivity index (χ0v) is 16.2. The van der Waals surface area contributed by atoms with Crippen molar-refractivity contribution in [3.63, 3.8) is 0 Å². The Morgan fingerprint density at radius 1 is 1.22 bits per heavy atom. The summed E-state index contributed by atoms with van der Waals surface area (Å²) in [4.78, 5) is 4.55. The minimum absolute atomic E-state index is 0.258. The molecule has 0 radical (unpaired) electrons. The highest BCUT2D eigenvalue weighted by Gasteiger charge is 2.24. The van der Waals surface area contributed by atoms with Crippen molar-refractivity contribution in [3.8, 4) is 17.3 Å². The van der Waals surface area contributed by atoms with Crippen LogP contribution in [0.1, 0.15) is 18.1 Å². The molecule has 0 aliphatic carbocycles. The Morgan fingerprint density at radius 3 is 2.59 bits per heavy atom. The van der Waals surface area contributed by atoms with Gasteiger partial charge in [-0.1, -0.05) is 12.1 Å². The van der Waals surface area contributed by atoms with Crippen LogP contribution in [0.5, 0.6) is 0 Å². The second kappa shape index (κ2) is 7.25. The molecule has 1 aromatic carbocycles. The molecular formula is C20H20N4O2S. The molecule has 2 aromatic heterocycles. The maximum atomic E-state index is 13.0. The van der Waals surface area contributed by atoms with Crippen LogP contribution >= 0.6 is 0 Å². The number of nitriles is 1. The fraction of sp³-hybridized carbons (Fsp3) is 0.200. The first kappa shape index (κ1) is 18.7. The molecule has 3 rings (SSSR count). The molecular weight excluding hydrogens is 360 g/mol. The number of hydrogen-bond acceptors (Lipinski definition) is 4. The normalized spacial score (nSPS) is 11.2. The Labute approximate surface area is 159 Å². The van der Waals surface area contributed by atoms with Crippen LogP contribution in [0.25, 0.3) is 11.3 Å². The zero-order valence-electron chi connectivity index (χ0n) is 15.4. The maximum absolute atomic E-state index is 13.0. The number of pyridine rings is 1. The number of nitrogens with zero attached hydrogens (tertiary/aromatic N) is 4.